The molecule has 3 aromatic carbocycles. The van der Waals surface area contributed by atoms with Crippen molar-refractivity contribution in [2.24, 2.45) is 0 Å². The summed E-state index contributed by atoms with van der Waals surface area (Å²) in [6, 6.07) is 29.3. The van der Waals surface area contributed by atoms with E-state index in [0.29, 0.717) is 47.3 Å². The van der Waals surface area contributed by atoms with Crippen LogP contribution in [-0.2, 0) is 11.3 Å². The molecule has 0 atom stereocenters. The van der Waals surface area contributed by atoms with Crippen LogP contribution < -0.4 is 4.74 Å². The van der Waals surface area contributed by atoms with Crippen molar-refractivity contribution in [2.75, 3.05) is 13.1 Å². The first kappa shape index (κ1) is 52.6. The van der Waals surface area contributed by atoms with Crippen LogP contribution in [0.3, 0.4) is 0 Å². The van der Waals surface area contributed by atoms with E-state index in [1.165, 1.54) is 0 Å². The van der Waals surface area contributed by atoms with E-state index in [1.807, 2.05) is 148 Å². The average Bonchev–Trinajstić information content (AvgIpc) is 3.80. The van der Waals surface area contributed by atoms with Gasteiger partial charge in [0.15, 0.2) is 5.58 Å². The highest BCUT2D eigenvalue weighted by Crippen LogP contribution is 2.28. The normalized spacial score (nSPS) is 13.1. The number of nitrogens with zero attached hydrogens (tertiary/aromatic N) is 9. The number of terminal acetylenes is 1. The van der Waals surface area contributed by atoms with Crippen LogP contribution in [-0.4, -0.2) is 27.9 Å². The minimum Gasteiger partial charge on any atom is -0.489 e. The van der Waals surface area contributed by atoms with E-state index in [0.717, 1.165) is 62.9 Å². The number of para-hydroxylation sites is 2. The van der Waals surface area contributed by atoms with Crippen LogP contribution in [0, 0.1) is 66.1 Å². The van der Waals surface area contributed by atoms with Crippen LogP contribution in [0.15, 0.2) is 201 Å². The van der Waals surface area contributed by atoms with E-state index in [-0.39, 0.29) is 17.1 Å². The Labute approximate surface area is 411 Å². The SMILES string of the molecule is C=Cc1ccc(COc2ccc(-c3nc4ccccc4o3)cc2)cc1.[C-]#[N+]C(C#N)=C1C=C(C)N(CC#C)C(C)=C1.[C-]#[N+]C(C#N)=C1C=C(C)N(CC=C)C(C)=C1.[C-]#[N+]C(C#N)=C1C=C(C)OC(C)=C1. The Morgan fingerprint density at radius 1 is 0.686 bits per heavy atom. The molecule has 0 spiro atoms. The number of rotatable bonds is 8. The van der Waals surface area contributed by atoms with Gasteiger partial charge in [0.2, 0.25) is 5.89 Å². The summed E-state index contributed by atoms with van der Waals surface area (Å²) in [7, 11) is 0. The molecule has 4 aromatic rings. The van der Waals surface area contributed by atoms with Gasteiger partial charge in [0.25, 0.3) is 17.1 Å². The predicted octanol–water partition coefficient (Wildman–Crippen LogP) is 13.7. The lowest BCUT2D eigenvalue weighted by molar-refractivity contribution is 0.304. The molecule has 0 fully saturated rings. The largest absolute Gasteiger partial charge is 0.489 e. The standard InChI is InChI=1S/C22H17NO2.C13H13N3.C13H11N3.C10H8N2O/c1-2-16-7-9-17(10-8-16)15-24-19-13-11-18(12-14-19)22-23-20-5-3-4-6-21(20)25-22;2*1-5-6-16-10(2)7-12(8-11(16)3)13(9-14)15-4;1-7-4-9(5-8(2)13-7)10(6-11)12-3/h2-14H,1,15H2;5,7-8H,1,6H2,2-3H3;1,7-8H,6H2,2-3H3;4-5H,1-2H3. The number of nitriles is 3. The van der Waals surface area contributed by atoms with Crippen LogP contribution >= 0.6 is 0 Å². The van der Waals surface area contributed by atoms with E-state index in [1.54, 1.807) is 38.2 Å². The van der Waals surface area contributed by atoms with Gasteiger partial charge in [-0.2, -0.15) is 0 Å². The van der Waals surface area contributed by atoms with Gasteiger partial charge in [-0.15, -0.1) is 13.0 Å². The van der Waals surface area contributed by atoms with Crippen molar-refractivity contribution in [1.82, 2.24) is 14.8 Å². The first-order valence-electron chi connectivity index (χ1n) is 21.5. The highest BCUT2D eigenvalue weighted by Gasteiger charge is 2.16. The van der Waals surface area contributed by atoms with Crippen LogP contribution in [0.4, 0.5) is 0 Å². The minimum absolute atomic E-state index is 0.0991. The topological polar surface area (TPSA) is 135 Å². The summed E-state index contributed by atoms with van der Waals surface area (Å²) < 4.78 is 16.9. The van der Waals surface area contributed by atoms with Crippen molar-refractivity contribution in [2.45, 2.75) is 48.1 Å². The lowest BCUT2D eigenvalue weighted by atomic mass is 10.1. The molecule has 7 rings (SSSR count). The number of allylic oxidation sites excluding steroid dienone is 18. The molecule has 0 radical (unpaired) electrons. The molecule has 3 aliphatic heterocycles. The van der Waals surface area contributed by atoms with Gasteiger partial charge in [-0.05, 0) is 142 Å². The molecule has 0 bridgehead atoms. The molecule has 0 saturated carbocycles. The van der Waals surface area contributed by atoms with E-state index in [9.17, 15) is 0 Å². The zero-order chi connectivity index (χ0) is 51.2. The Balaban J connectivity index is 0.000000211. The first-order valence-corrected chi connectivity index (χ1v) is 21.5. The highest BCUT2D eigenvalue weighted by molar-refractivity contribution is 5.76. The zero-order valence-corrected chi connectivity index (χ0v) is 39.9. The van der Waals surface area contributed by atoms with Gasteiger partial charge in [-0.3, -0.25) is 0 Å². The Morgan fingerprint density at radius 3 is 1.61 bits per heavy atom. The molecule has 1 aromatic heterocycles. The molecule has 70 heavy (non-hydrogen) atoms. The van der Waals surface area contributed by atoms with Crippen molar-refractivity contribution in [3.8, 4) is 47.8 Å². The molecule has 4 heterocycles. The molecular weight excluding hydrogens is 871 g/mol. The fraction of sp³-hybridized carbons (Fsp3) is 0.155. The summed E-state index contributed by atoms with van der Waals surface area (Å²) in [5.41, 5.74) is 11.1. The van der Waals surface area contributed by atoms with Gasteiger partial charge >= 0.3 is 0 Å². The Morgan fingerprint density at radius 2 is 1.17 bits per heavy atom. The fourth-order valence-corrected chi connectivity index (χ4v) is 6.88. The van der Waals surface area contributed by atoms with Gasteiger partial charge in [-0.1, -0.05) is 61.0 Å². The maximum atomic E-state index is 8.81. The van der Waals surface area contributed by atoms with E-state index >= 15 is 0 Å². The number of hydrogen-bond donors (Lipinski definition) is 0. The smallest absolute Gasteiger partial charge is 0.269 e. The van der Waals surface area contributed by atoms with Crippen molar-refractivity contribution in [3.05, 3.63) is 242 Å². The van der Waals surface area contributed by atoms with Gasteiger partial charge < -0.3 is 23.7 Å². The number of oxazole rings is 1. The number of ether oxygens (including phenoxy) is 2. The summed E-state index contributed by atoms with van der Waals surface area (Å²) >= 11 is 0. The quantitative estimate of drug-likeness (QED) is 0.0732. The van der Waals surface area contributed by atoms with Gasteiger partial charge in [0.1, 0.15) is 17.9 Å². The highest BCUT2D eigenvalue weighted by atomic mass is 16.5. The number of fused-ring (bicyclic) bond motifs is 1. The van der Waals surface area contributed by atoms with Crippen molar-refractivity contribution in [3.63, 3.8) is 0 Å². The van der Waals surface area contributed by atoms with Crippen LogP contribution in [0.1, 0.15) is 52.7 Å². The Hall–Kier alpha value is -10.0. The fourth-order valence-electron chi connectivity index (χ4n) is 6.88. The third kappa shape index (κ3) is 14.5. The lowest BCUT2D eigenvalue weighted by Gasteiger charge is -2.28. The monoisotopic (exact) mass is 919 g/mol. The Bertz CT molecular complexity index is 3100. The third-order valence-corrected chi connectivity index (χ3v) is 10.3. The summed E-state index contributed by atoms with van der Waals surface area (Å²) in [6.07, 6.45) is 19.6. The number of aromatic nitrogens is 1. The van der Waals surface area contributed by atoms with Crippen LogP contribution in [0.25, 0.3) is 43.2 Å². The molecule has 3 aliphatic rings. The Kier molecular flexibility index (Phi) is 19.7. The summed E-state index contributed by atoms with van der Waals surface area (Å²) in [5.74, 6) is 5.40. The predicted molar refractivity (Wildman–Crippen MR) is 274 cm³/mol. The van der Waals surface area contributed by atoms with Crippen molar-refractivity contribution >= 4 is 17.2 Å². The molecule has 0 amide bonds. The molecular formula is C58H49N9O3. The van der Waals surface area contributed by atoms with Crippen LogP contribution in [0.5, 0.6) is 5.75 Å². The second kappa shape index (κ2) is 26.2. The maximum absolute atomic E-state index is 8.81. The maximum Gasteiger partial charge on any atom is 0.269 e. The lowest BCUT2D eigenvalue weighted by Crippen LogP contribution is -2.22. The molecule has 12 heteroatoms. The summed E-state index contributed by atoms with van der Waals surface area (Å²) in [6.45, 7) is 41.1. The summed E-state index contributed by atoms with van der Waals surface area (Å²) in [4.78, 5) is 18.1. The zero-order valence-electron chi connectivity index (χ0n) is 39.9. The second-order valence-electron chi connectivity index (χ2n) is 15.3. The molecule has 344 valence electrons. The summed E-state index contributed by atoms with van der Waals surface area (Å²) in [5, 5.41) is 26.2. The number of benzene rings is 3. The minimum atomic E-state index is 0.0991. The van der Waals surface area contributed by atoms with Gasteiger partial charge in [-0.25, -0.2) is 35.3 Å². The molecule has 0 saturated heterocycles. The van der Waals surface area contributed by atoms with Gasteiger partial charge in [0, 0.05) is 34.9 Å². The molecule has 0 unspecified atom stereocenters. The molecule has 12 nitrogen and oxygen atoms in total. The van der Waals surface area contributed by atoms with Crippen molar-refractivity contribution < 1.29 is 13.9 Å². The van der Waals surface area contributed by atoms with Crippen molar-refractivity contribution in [1.29, 1.82) is 15.8 Å². The van der Waals surface area contributed by atoms with E-state index < -0.39 is 0 Å². The van der Waals surface area contributed by atoms with Gasteiger partial charge in [0.05, 0.1) is 56.0 Å². The van der Waals surface area contributed by atoms with E-state index in [4.69, 9.17) is 55.8 Å². The first-order chi connectivity index (χ1) is 33.7. The molecule has 0 N–H and O–H groups in total. The third-order valence-electron chi connectivity index (χ3n) is 10.3. The molecule has 0 aliphatic carbocycles. The van der Waals surface area contributed by atoms with E-state index in [2.05, 4.69) is 43.5 Å². The second-order valence-corrected chi connectivity index (χ2v) is 15.3. The number of hydrogen-bond acceptors (Lipinski definition) is 9. The van der Waals surface area contributed by atoms with Crippen LogP contribution in [0.2, 0.25) is 0 Å². The average molecular weight is 920 g/mol.